The predicted octanol–water partition coefficient (Wildman–Crippen LogP) is 1.97. The Morgan fingerprint density at radius 2 is 2.05 bits per heavy atom. The third kappa shape index (κ3) is 4.00. The van der Waals surface area contributed by atoms with E-state index in [9.17, 15) is 13.6 Å². The number of carbonyl (C=O) groups excluding carboxylic acids is 1. The van der Waals surface area contributed by atoms with Gasteiger partial charge in [0, 0.05) is 32.6 Å². The van der Waals surface area contributed by atoms with E-state index >= 15 is 0 Å². The molecule has 1 unspecified atom stereocenters. The van der Waals surface area contributed by atoms with Gasteiger partial charge < -0.3 is 10.2 Å². The molecule has 0 aromatic heterocycles. The molecule has 1 aliphatic heterocycles. The third-order valence-electron chi connectivity index (χ3n) is 3.57. The topological polar surface area (TPSA) is 32.3 Å². The molecule has 3 nitrogen and oxygen atoms in total. The molecular formula is C15H20F2N2O. The summed E-state index contributed by atoms with van der Waals surface area (Å²) in [6.45, 7) is 4.97. The Kier molecular flexibility index (Phi) is 5.06. The van der Waals surface area contributed by atoms with Crippen molar-refractivity contribution in [3.05, 3.63) is 35.4 Å². The fourth-order valence-corrected chi connectivity index (χ4v) is 2.49. The highest BCUT2D eigenvalue weighted by molar-refractivity contribution is 5.76. The molecule has 0 aliphatic carbocycles. The summed E-state index contributed by atoms with van der Waals surface area (Å²) in [6.07, 6.45) is 0.747. The van der Waals surface area contributed by atoms with Gasteiger partial charge in [0.25, 0.3) is 0 Å². The molecule has 0 saturated carbocycles. The van der Waals surface area contributed by atoms with Crippen LogP contribution in [-0.2, 0) is 11.2 Å². The van der Waals surface area contributed by atoms with E-state index in [2.05, 4.69) is 5.32 Å². The standard InChI is InChI=1S/C15H20F2N2O/c1-11(8-12-10-13(16)2-3-14(12)17)9-15(20)19-6-4-18-5-7-19/h2-3,10-11,18H,4-9H2,1H3. The van der Waals surface area contributed by atoms with Crippen LogP contribution in [-0.4, -0.2) is 37.0 Å². The van der Waals surface area contributed by atoms with Crippen molar-refractivity contribution in [1.29, 1.82) is 0 Å². The maximum atomic E-state index is 13.6. The van der Waals surface area contributed by atoms with Crippen LogP contribution in [0.1, 0.15) is 18.9 Å². The zero-order chi connectivity index (χ0) is 14.5. The second-order valence-corrected chi connectivity index (χ2v) is 5.38. The van der Waals surface area contributed by atoms with Crippen LogP contribution >= 0.6 is 0 Å². The van der Waals surface area contributed by atoms with E-state index in [1.54, 1.807) is 0 Å². The molecule has 1 N–H and O–H groups in total. The normalized spacial score (nSPS) is 17.1. The summed E-state index contributed by atoms with van der Waals surface area (Å²) < 4.78 is 26.7. The number of benzene rings is 1. The Morgan fingerprint density at radius 3 is 2.75 bits per heavy atom. The van der Waals surface area contributed by atoms with Crippen LogP contribution in [0.5, 0.6) is 0 Å². The fraction of sp³-hybridized carbons (Fsp3) is 0.533. The number of halogens is 2. The van der Waals surface area contributed by atoms with E-state index in [-0.39, 0.29) is 11.8 Å². The van der Waals surface area contributed by atoms with E-state index in [0.29, 0.717) is 18.4 Å². The molecule has 1 saturated heterocycles. The van der Waals surface area contributed by atoms with Crippen LogP contribution in [0.15, 0.2) is 18.2 Å². The lowest BCUT2D eigenvalue weighted by molar-refractivity contribution is -0.132. The average Bonchev–Trinajstić information content (AvgIpc) is 2.43. The SMILES string of the molecule is CC(CC(=O)N1CCNCC1)Cc1cc(F)ccc1F. The Hall–Kier alpha value is -1.49. The van der Waals surface area contributed by atoms with Gasteiger partial charge in [0.2, 0.25) is 5.91 Å². The van der Waals surface area contributed by atoms with Crippen molar-refractivity contribution < 1.29 is 13.6 Å². The molecule has 0 radical (unpaired) electrons. The molecule has 0 bridgehead atoms. The predicted molar refractivity (Wildman–Crippen MR) is 73.3 cm³/mol. The highest BCUT2D eigenvalue weighted by atomic mass is 19.1. The van der Waals surface area contributed by atoms with Crippen molar-refractivity contribution in [3.63, 3.8) is 0 Å². The summed E-state index contributed by atoms with van der Waals surface area (Å²) in [5.41, 5.74) is 0.339. The maximum Gasteiger partial charge on any atom is 0.222 e. The minimum absolute atomic E-state index is 0.00585. The molecule has 1 aromatic rings. The van der Waals surface area contributed by atoms with Crippen LogP contribution in [0.25, 0.3) is 0 Å². The summed E-state index contributed by atoms with van der Waals surface area (Å²) in [6, 6.07) is 3.45. The number of nitrogens with one attached hydrogen (secondary N) is 1. The van der Waals surface area contributed by atoms with Crippen molar-refractivity contribution in [2.75, 3.05) is 26.2 Å². The lowest BCUT2D eigenvalue weighted by Crippen LogP contribution is -2.46. The first-order valence-electron chi connectivity index (χ1n) is 6.98. The molecule has 1 aromatic carbocycles. The highest BCUT2D eigenvalue weighted by Gasteiger charge is 2.19. The zero-order valence-electron chi connectivity index (χ0n) is 11.7. The van der Waals surface area contributed by atoms with Gasteiger partial charge in [0.15, 0.2) is 0 Å². The monoisotopic (exact) mass is 282 g/mol. The van der Waals surface area contributed by atoms with Crippen molar-refractivity contribution in [2.45, 2.75) is 19.8 Å². The highest BCUT2D eigenvalue weighted by Crippen LogP contribution is 2.17. The Labute approximate surface area is 118 Å². The lowest BCUT2D eigenvalue weighted by Gasteiger charge is -2.28. The number of piperazine rings is 1. The van der Waals surface area contributed by atoms with Crippen LogP contribution in [0.2, 0.25) is 0 Å². The van der Waals surface area contributed by atoms with E-state index in [1.807, 2.05) is 11.8 Å². The number of nitrogens with zero attached hydrogens (tertiary/aromatic N) is 1. The minimum atomic E-state index is -0.443. The third-order valence-corrected chi connectivity index (χ3v) is 3.57. The zero-order valence-corrected chi connectivity index (χ0v) is 11.7. The van der Waals surface area contributed by atoms with Gasteiger partial charge >= 0.3 is 0 Å². The molecular weight excluding hydrogens is 262 g/mol. The molecule has 1 amide bonds. The largest absolute Gasteiger partial charge is 0.340 e. The van der Waals surface area contributed by atoms with E-state index < -0.39 is 11.6 Å². The first kappa shape index (κ1) is 14.9. The van der Waals surface area contributed by atoms with Crippen LogP contribution in [0, 0.1) is 17.6 Å². The first-order chi connectivity index (χ1) is 9.56. The summed E-state index contributed by atoms with van der Waals surface area (Å²) >= 11 is 0. The molecule has 0 spiro atoms. The smallest absolute Gasteiger partial charge is 0.222 e. The summed E-state index contributed by atoms with van der Waals surface area (Å²) in [5, 5.41) is 3.19. The lowest BCUT2D eigenvalue weighted by atomic mass is 9.97. The van der Waals surface area contributed by atoms with E-state index in [0.717, 1.165) is 38.3 Å². The number of carbonyl (C=O) groups is 1. The van der Waals surface area contributed by atoms with Gasteiger partial charge in [-0.1, -0.05) is 6.92 Å². The van der Waals surface area contributed by atoms with Gasteiger partial charge in [-0.2, -0.15) is 0 Å². The van der Waals surface area contributed by atoms with E-state index in [1.165, 1.54) is 6.07 Å². The number of amides is 1. The Bertz CT molecular complexity index is 473. The van der Waals surface area contributed by atoms with E-state index in [4.69, 9.17) is 0 Å². The van der Waals surface area contributed by atoms with Crippen molar-refractivity contribution >= 4 is 5.91 Å². The average molecular weight is 282 g/mol. The van der Waals surface area contributed by atoms with Gasteiger partial charge in [-0.05, 0) is 36.1 Å². The maximum absolute atomic E-state index is 13.6. The molecule has 110 valence electrons. The number of hydrogen-bond acceptors (Lipinski definition) is 2. The van der Waals surface area contributed by atoms with Gasteiger partial charge in [0.05, 0.1) is 0 Å². The van der Waals surface area contributed by atoms with Crippen molar-refractivity contribution in [2.24, 2.45) is 5.92 Å². The summed E-state index contributed by atoms with van der Waals surface area (Å²) in [5.74, 6) is -0.764. The molecule has 20 heavy (non-hydrogen) atoms. The Balaban J connectivity index is 1.89. The second kappa shape index (κ2) is 6.79. The summed E-state index contributed by atoms with van der Waals surface area (Å²) in [7, 11) is 0. The van der Waals surface area contributed by atoms with Gasteiger partial charge in [-0.25, -0.2) is 8.78 Å². The van der Waals surface area contributed by atoms with Crippen LogP contribution in [0.3, 0.4) is 0 Å². The molecule has 1 heterocycles. The number of hydrogen-bond donors (Lipinski definition) is 1. The van der Waals surface area contributed by atoms with Gasteiger partial charge in [-0.3, -0.25) is 4.79 Å². The molecule has 1 atom stereocenters. The van der Waals surface area contributed by atoms with Crippen molar-refractivity contribution in [1.82, 2.24) is 10.2 Å². The van der Waals surface area contributed by atoms with Crippen LogP contribution in [0.4, 0.5) is 8.78 Å². The molecule has 2 rings (SSSR count). The van der Waals surface area contributed by atoms with Gasteiger partial charge in [-0.15, -0.1) is 0 Å². The number of rotatable bonds is 4. The fourth-order valence-electron chi connectivity index (χ4n) is 2.49. The van der Waals surface area contributed by atoms with Crippen LogP contribution < -0.4 is 5.32 Å². The second-order valence-electron chi connectivity index (χ2n) is 5.38. The molecule has 1 aliphatic rings. The first-order valence-corrected chi connectivity index (χ1v) is 6.98. The quantitative estimate of drug-likeness (QED) is 0.915. The molecule has 5 heteroatoms. The Morgan fingerprint density at radius 1 is 1.35 bits per heavy atom. The summed E-state index contributed by atoms with van der Waals surface area (Å²) in [4.78, 5) is 13.9. The van der Waals surface area contributed by atoms with Gasteiger partial charge in [0.1, 0.15) is 11.6 Å². The molecule has 1 fully saturated rings. The van der Waals surface area contributed by atoms with Crippen molar-refractivity contribution in [3.8, 4) is 0 Å². The minimum Gasteiger partial charge on any atom is -0.340 e.